The van der Waals surface area contributed by atoms with Crippen LogP contribution in [0.3, 0.4) is 0 Å². The van der Waals surface area contributed by atoms with E-state index < -0.39 is 5.97 Å². The van der Waals surface area contributed by atoms with Gasteiger partial charge in [-0.05, 0) is 56.3 Å². The fraction of sp³-hybridized carbons (Fsp3) is 0.933. The lowest BCUT2D eigenvalue weighted by molar-refractivity contribution is -0.156. The Balaban J connectivity index is 2.07. The van der Waals surface area contributed by atoms with Gasteiger partial charge in [-0.15, -0.1) is 0 Å². The fourth-order valence-electron chi connectivity index (χ4n) is 4.10. The predicted molar refractivity (Wildman–Crippen MR) is 68.8 cm³/mol. The van der Waals surface area contributed by atoms with E-state index in [9.17, 15) is 9.90 Å². The summed E-state index contributed by atoms with van der Waals surface area (Å²) in [4.78, 5) is 11.7. The molecule has 2 aliphatic rings. The van der Waals surface area contributed by atoms with Gasteiger partial charge >= 0.3 is 5.97 Å². The van der Waals surface area contributed by atoms with Gasteiger partial charge in [0.25, 0.3) is 0 Å². The van der Waals surface area contributed by atoms with Crippen LogP contribution in [-0.4, -0.2) is 11.1 Å². The van der Waals surface area contributed by atoms with Crippen molar-refractivity contribution >= 4 is 5.97 Å². The monoisotopic (exact) mass is 238 g/mol. The summed E-state index contributed by atoms with van der Waals surface area (Å²) in [6.07, 6.45) is 8.89. The van der Waals surface area contributed by atoms with Crippen LogP contribution in [-0.2, 0) is 4.79 Å². The van der Waals surface area contributed by atoms with Crippen molar-refractivity contribution < 1.29 is 9.90 Å². The third-order valence-electron chi connectivity index (χ3n) is 5.43. The molecule has 0 aromatic carbocycles. The zero-order chi connectivity index (χ0) is 12.5. The molecule has 98 valence electrons. The zero-order valence-electron chi connectivity index (χ0n) is 11.2. The van der Waals surface area contributed by atoms with Gasteiger partial charge in [0.15, 0.2) is 0 Å². The van der Waals surface area contributed by atoms with Crippen molar-refractivity contribution in [2.24, 2.45) is 23.2 Å². The molecule has 2 rings (SSSR count). The van der Waals surface area contributed by atoms with Crippen molar-refractivity contribution in [2.45, 2.75) is 65.2 Å². The summed E-state index contributed by atoms with van der Waals surface area (Å²) in [6.45, 7) is 4.54. The molecule has 0 unspecified atom stereocenters. The second kappa shape index (κ2) is 4.99. The van der Waals surface area contributed by atoms with Crippen molar-refractivity contribution in [2.75, 3.05) is 0 Å². The van der Waals surface area contributed by atoms with Gasteiger partial charge < -0.3 is 5.11 Å². The first kappa shape index (κ1) is 12.9. The van der Waals surface area contributed by atoms with Crippen molar-refractivity contribution in [3.8, 4) is 0 Å². The van der Waals surface area contributed by atoms with Crippen molar-refractivity contribution in [1.29, 1.82) is 0 Å². The van der Waals surface area contributed by atoms with E-state index in [2.05, 4.69) is 13.8 Å². The van der Waals surface area contributed by atoms with Crippen LogP contribution in [0.1, 0.15) is 65.2 Å². The quantitative estimate of drug-likeness (QED) is 0.804. The molecule has 17 heavy (non-hydrogen) atoms. The molecule has 2 nitrogen and oxygen atoms in total. The van der Waals surface area contributed by atoms with Crippen molar-refractivity contribution in [3.05, 3.63) is 0 Å². The van der Waals surface area contributed by atoms with Crippen molar-refractivity contribution in [1.82, 2.24) is 0 Å². The number of carboxylic acid groups (broad SMARTS) is 1. The number of hydrogen-bond donors (Lipinski definition) is 1. The van der Waals surface area contributed by atoms with Crippen LogP contribution in [0.5, 0.6) is 0 Å². The lowest BCUT2D eigenvalue weighted by atomic mass is 9.61. The summed E-state index contributed by atoms with van der Waals surface area (Å²) >= 11 is 0. The second-order valence-corrected chi connectivity index (χ2v) is 6.52. The van der Waals surface area contributed by atoms with E-state index in [0.717, 1.165) is 44.4 Å². The largest absolute Gasteiger partial charge is 0.481 e. The van der Waals surface area contributed by atoms with E-state index in [1.165, 1.54) is 12.8 Å². The first-order valence-corrected chi connectivity index (χ1v) is 7.29. The minimum Gasteiger partial charge on any atom is -0.481 e. The Morgan fingerprint density at radius 1 is 1.12 bits per heavy atom. The number of hydrogen-bond acceptors (Lipinski definition) is 1. The van der Waals surface area contributed by atoms with Gasteiger partial charge in [-0.2, -0.15) is 0 Å². The highest BCUT2D eigenvalue weighted by Crippen LogP contribution is 2.51. The third kappa shape index (κ3) is 2.36. The number of carbonyl (C=O) groups is 1. The van der Waals surface area contributed by atoms with Crippen LogP contribution in [0.4, 0.5) is 0 Å². The molecular weight excluding hydrogens is 212 g/mol. The lowest BCUT2D eigenvalue weighted by Crippen LogP contribution is -2.41. The summed E-state index contributed by atoms with van der Waals surface area (Å²) in [5.41, 5.74) is -0.359. The van der Waals surface area contributed by atoms with E-state index in [4.69, 9.17) is 0 Å². The Kier molecular flexibility index (Phi) is 3.79. The minimum atomic E-state index is -0.508. The SMILES string of the molecule is CC(C)C1CCC(C(=O)O)(C2CCCC2)CC1. The van der Waals surface area contributed by atoms with Crippen LogP contribution < -0.4 is 0 Å². The molecule has 2 heteroatoms. The summed E-state index contributed by atoms with van der Waals surface area (Å²) in [5, 5.41) is 9.67. The second-order valence-electron chi connectivity index (χ2n) is 6.52. The summed E-state index contributed by atoms with van der Waals surface area (Å²) < 4.78 is 0. The average Bonchev–Trinajstić information content (AvgIpc) is 2.82. The Hall–Kier alpha value is -0.530. The van der Waals surface area contributed by atoms with Gasteiger partial charge in [-0.3, -0.25) is 4.79 Å². The first-order chi connectivity index (χ1) is 8.06. The zero-order valence-corrected chi connectivity index (χ0v) is 11.2. The molecule has 0 radical (unpaired) electrons. The third-order valence-corrected chi connectivity index (χ3v) is 5.43. The molecule has 1 N–H and O–H groups in total. The summed E-state index contributed by atoms with van der Waals surface area (Å²) in [7, 11) is 0. The van der Waals surface area contributed by atoms with Gasteiger partial charge in [0.2, 0.25) is 0 Å². The molecule has 0 spiro atoms. The molecule has 0 aliphatic heterocycles. The number of rotatable bonds is 3. The molecule has 0 saturated heterocycles. The van der Waals surface area contributed by atoms with Gasteiger partial charge in [0, 0.05) is 0 Å². The van der Waals surface area contributed by atoms with Crippen LogP contribution in [0.15, 0.2) is 0 Å². The predicted octanol–water partition coefficient (Wildman–Crippen LogP) is 4.09. The highest BCUT2D eigenvalue weighted by Gasteiger charge is 2.48. The van der Waals surface area contributed by atoms with E-state index >= 15 is 0 Å². The van der Waals surface area contributed by atoms with Gasteiger partial charge in [0.1, 0.15) is 0 Å². The maximum Gasteiger partial charge on any atom is 0.309 e. The molecule has 0 atom stereocenters. The lowest BCUT2D eigenvalue weighted by Gasteiger charge is -2.42. The number of carboxylic acids is 1. The topological polar surface area (TPSA) is 37.3 Å². The molecule has 2 fully saturated rings. The molecule has 0 heterocycles. The van der Waals surface area contributed by atoms with Crippen LogP contribution in [0.2, 0.25) is 0 Å². The van der Waals surface area contributed by atoms with E-state index in [0.29, 0.717) is 11.8 Å². The Bertz CT molecular complexity index is 269. The highest BCUT2D eigenvalue weighted by atomic mass is 16.4. The van der Waals surface area contributed by atoms with Crippen molar-refractivity contribution in [3.63, 3.8) is 0 Å². The summed E-state index contributed by atoms with van der Waals surface area (Å²) in [6, 6.07) is 0. The van der Waals surface area contributed by atoms with Crippen LogP contribution >= 0.6 is 0 Å². The number of aliphatic carboxylic acids is 1. The van der Waals surface area contributed by atoms with E-state index in [1.54, 1.807) is 0 Å². The molecule has 0 amide bonds. The fourth-order valence-corrected chi connectivity index (χ4v) is 4.10. The van der Waals surface area contributed by atoms with Gasteiger partial charge in [-0.1, -0.05) is 26.7 Å². The summed E-state index contributed by atoms with van der Waals surface area (Å²) in [5.74, 6) is 1.42. The Labute approximate surface area is 105 Å². The normalized spacial score (nSPS) is 35.4. The molecule has 2 saturated carbocycles. The van der Waals surface area contributed by atoms with Gasteiger partial charge in [-0.25, -0.2) is 0 Å². The Morgan fingerprint density at radius 3 is 2.06 bits per heavy atom. The molecule has 0 aromatic heterocycles. The molecule has 0 aromatic rings. The van der Waals surface area contributed by atoms with Gasteiger partial charge in [0.05, 0.1) is 5.41 Å². The van der Waals surface area contributed by atoms with Crippen LogP contribution in [0.25, 0.3) is 0 Å². The Morgan fingerprint density at radius 2 is 1.65 bits per heavy atom. The minimum absolute atomic E-state index is 0.359. The maximum atomic E-state index is 11.7. The standard InChI is InChI=1S/C15H26O2/c1-11(2)12-7-9-15(10-8-12,14(16)17)13-5-3-4-6-13/h11-13H,3-10H2,1-2H3,(H,16,17). The first-order valence-electron chi connectivity index (χ1n) is 7.29. The van der Waals surface area contributed by atoms with E-state index in [-0.39, 0.29) is 5.41 Å². The molecule has 2 aliphatic carbocycles. The molecule has 0 bridgehead atoms. The maximum absolute atomic E-state index is 11.7. The smallest absolute Gasteiger partial charge is 0.309 e. The van der Waals surface area contributed by atoms with Crippen LogP contribution in [0, 0.1) is 23.2 Å². The average molecular weight is 238 g/mol. The highest BCUT2D eigenvalue weighted by molar-refractivity contribution is 5.75. The van der Waals surface area contributed by atoms with E-state index in [1.807, 2.05) is 0 Å². The molecular formula is C15H26O2.